The van der Waals surface area contributed by atoms with Crippen LogP contribution in [0.4, 0.5) is 0 Å². The van der Waals surface area contributed by atoms with Crippen LogP contribution < -0.4 is 10.2 Å². The lowest BCUT2D eigenvalue weighted by atomic mass is 9.79. The van der Waals surface area contributed by atoms with Gasteiger partial charge in [-0.25, -0.2) is 0 Å². The zero-order valence-electron chi connectivity index (χ0n) is 15.2. The minimum absolute atomic E-state index is 0.355. The number of rotatable bonds is 5. The van der Waals surface area contributed by atoms with Gasteiger partial charge in [-0.3, -0.25) is 4.99 Å². The molecule has 0 bridgehead atoms. The first-order valence-corrected chi connectivity index (χ1v) is 8.52. The molecular formula is C20H24BNO3. The first kappa shape index (κ1) is 17.7. The van der Waals surface area contributed by atoms with Gasteiger partial charge in [0, 0.05) is 0 Å². The molecule has 4 nitrogen and oxygen atoms in total. The van der Waals surface area contributed by atoms with E-state index in [0.717, 1.165) is 11.0 Å². The third-order valence-electron chi connectivity index (χ3n) is 4.76. The molecule has 1 aliphatic rings. The van der Waals surface area contributed by atoms with Gasteiger partial charge in [0.25, 0.3) is 0 Å². The van der Waals surface area contributed by atoms with Crippen LogP contribution in [0.2, 0.25) is 0 Å². The van der Waals surface area contributed by atoms with E-state index in [1.165, 1.54) is 6.40 Å². The molecule has 0 spiro atoms. The highest BCUT2D eigenvalue weighted by atomic mass is 16.7. The quantitative estimate of drug-likeness (QED) is 0.476. The summed E-state index contributed by atoms with van der Waals surface area (Å²) in [6, 6.07) is 17.8. The van der Waals surface area contributed by atoms with Crippen molar-refractivity contribution >= 4 is 19.0 Å². The fourth-order valence-electron chi connectivity index (χ4n) is 2.54. The van der Waals surface area contributed by atoms with Crippen LogP contribution in [-0.2, 0) is 15.9 Å². The monoisotopic (exact) mass is 337 g/mol. The van der Waals surface area contributed by atoms with Crippen molar-refractivity contribution in [1.29, 1.82) is 0 Å². The highest BCUT2D eigenvalue weighted by molar-refractivity contribution is 6.62. The number of hydrogen-bond donors (Lipinski definition) is 0. The second-order valence-electron chi connectivity index (χ2n) is 7.21. The van der Waals surface area contributed by atoms with E-state index >= 15 is 0 Å². The van der Waals surface area contributed by atoms with Gasteiger partial charge in [-0.2, -0.15) is 0 Å². The molecule has 1 saturated heterocycles. The first-order chi connectivity index (χ1) is 11.9. The Morgan fingerprint density at radius 3 is 2.32 bits per heavy atom. The first-order valence-electron chi connectivity index (χ1n) is 8.52. The normalized spacial score (nSPS) is 18.6. The van der Waals surface area contributed by atoms with Gasteiger partial charge < -0.3 is 14.0 Å². The molecule has 0 amide bonds. The van der Waals surface area contributed by atoms with Crippen LogP contribution in [-0.4, -0.2) is 24.7 Å². The summed E-state index contributed by atoms with van der Waals surface area (Å²) in [5.41, 5.74) is 1.37. The summed E-state index contributed by atoms with van der Waals surface area (Å²) >= 11 is 0. The summed E-state index contributed by atoms with van der Waals surface area (Å²) in [6.07, 6.45) is 1.48. The Labute approximate surface area is 150 Å². The fourth-order valence-corrected chi connectivity index (χ4v) is 2.54. The number of ether oxygens (including phenoxy) is 1. The average Bonchev–Trinajstić information content (AvgIpc) is 2.81. The molecule has 1 aliphatic heterocycles. The lowest BCUT2D eigenvalue weighted by molar-refractivity contribution is 0.00578. The summed E-state index contributed by atoms with van der Waals surface area (Å²) in [4.78, 5) is 4.30. The fraction of sp³-hybridized carbons (Fsp3) is 0.350. The third kappa shape index (κ3) is 4.11. The van der Waals surface area contributed by atoms with Crippen LogP contribution in [0.5, 0.6) is 5.75 Å². The highest BCUT2D eigenvalue weighted by Gasteiger charge is 2.51. The van der Waals surface area contributed by atoms with Gasteiger partial charge in [0.2, 0.25) is 0 Å². The van der Waals surface area contributed by atoms with Crippen LogP contribution in [0.3, 0.4) is 0 Å². The third-order valence-corrected chi connectivity index (χ3v) is 4.76. The second kappa shape index (κ2) is 7.02. The van der Waals surface area contributed by atoms with Gasteiger partial charge in [0.1, 0.15) is 5.75 Å². The summed E-state index contributed by atoms with van der Waals surface area (Å²) in [5.74, 6) is 0.712. The van der Waals surface area contributed by atoms with E-state index in [-0.39, 0.29) is 11.2 Å². The van der Waals surface area contributed by atoms with Gasteiger partial charge in [-0.05, 0) is 50.9 Å². The second-order valence-corrected chi connectivity index (χ2v) is 7.21. The summed E-state index contributed by atoms with van der Waals surface area (Å²) in [7, 11) is -0.394. The Morgan fingerprint density at radius 2 is 1.64 bits per heavy atom. The van der Waals surface area contributed by atoms with E-state index in [0.29, 0.717) is 12.3 Å². The van der Waals surface area contributed by atoms with Crippen molar-refractivity contribution in [2.75, 3.05) is 0 Å². The van der Waals surface area contributed by atoms with Crippen molar-refractivity contribution in [2.45, 2.75) is 45.4 Å². The molecule has 130 valence electrons. The topological polar surface area (TPSA) is 40.0 Å². The number of nitrogens with zero attached hydrogens (tertiary/aromatic N) is 1. The largest absolute Gasteiger partial charge is 0.494 e. The molecule has 2 aromatic rings. The molecule has 0 atom stereocenters. The molecule has 1 fully saturated rings. The Bertz CT molecular complexity index is 728. The van der Waals surface area contributed by atoms with Crippen molar-refractivity contribution in [3.05, 3.63) is 60.2 Å². The predicted molar refractivity (Wildman–Crippen MR) is 101 cm³/mol. The Kier molecular flexibility index (Phi) is 4.97. The molecule has 0 unspecified atom stereocenters. The summed E-state index contributed by atoms with van der Waals surface area (Å²) in [6.45, 7) is 8.78. The standard InChI is InChI=1S/C20H24BNO3/c1-19(2)20(3,4)25-21(24-19)17-11-8-12-18(13-17)23-15-22-14-16-9-6-5-7-10-16/h5-13,15H,14H2,1-4H3. The van der Waals surface area contributed by atoms with Gasteiger partial charge in [0.15, 0.2) is 6.40 Å². The molecule has 5 heteroatoms. The lowest BCUT2D eigenvalue weighted by Crippen LogP contribution is -2.41. The van der Waals surface area contributed by atoms with E-state index in [4.69, 9.17) is 14.0 Å². The van der Waals surface area contributed by atoms with Gasteiger partial charge in [-0.15, -0.1) is 0 Å². The molecule has 0 aliphatic carbocycles. The van der Waals surface area contributed by atoms with Crippen LogP contribution in [0.1, 0.15) is 33.3 Å². The molecule has 0 saturated carbocycles. The van der Waals surface area contributed by atoms with E-state index in [1.54, 1.807) is 0 Å². The van der Waals surface area contributed by atoms with E-state index in [1.807, 2.05) is 82.3 Å². The minimum Gasteiger partial charge on any atom is -0.446 e. The van der Waals surface area contributed by atoms with E-state index < -0.39 is 7.12 Å². The molecule has 25 heavy (non-hydrogen) atoms. The SMILES string of the molecule is CC1(C)OB(c2cccc(OC=NCc3ccccc3)c2)OC1(C)C. The van der Waals surface area contributed by atoms with Crippen LogP contribution in [0.15, 0.2) is 59.6 Å². The van der Waals surface area contributed by atoms with Gasteiger partial charge in [0.05, 0.1) is 17.7 Å². The lowest BCUT2D eigenvalue weighted by Gasteiger charge is -2.32. The highest BCUT2D eigenvalue weighted by Crippen LogP contribution is 2.36. The molecule has 2 aromatic carbocycles. The van der Waals surface area contributed by atoms with E-state index in [9.17, 15) is 0 Å². The minimum atomic E-state index is -0.394. The smallest absolute Gasteiger partial charge is 0.446 e. The number of benzene rings is 2. The average molecular weight is 337 g/mol. The molecule has 3 rings (SSSR count). The predicted octanol–water partition coefficient (Wildman–Crippen LogP) is 3.59. The van der Waals surface area contributed by atoms with Crippen molar-refractivity contribution in [3.63, 3.8) is 0 Å². The maximum atomic E-state index is 6.08. The van der Waals surface area contributed by atoms with Crippen LogP contribution >= 0.6 is 0 Å². The van der Waals surface area contributed by atoms with Crippen molar-refractivity contribution in [3.8, 4) is 5.75 Å². The maximum Gasteiger partial charge on any atom is 0.494 e. The van der Waals surface area contributed by atoms with Gasteiger partial charge >= 0.3 is 7.12 Å². The molecule has 1 heterocycles. The zero-order valence-corrected chi connectivity index (χ0v) is 15.2. The van der Waals surface area contributed by atoms with Crippen LogP contribution in [0, 0.1) is 0 Å². The Balaban J connectivity index is 1.62. The molecule has 0 radical (unpaired) electrons. The van der Waals surface area contributed by atoms with Crippen molar-refractivity contribution in [1.82, 2.24) is 0 Å². The molecule has 0 aromatic heterocycles. The van der Waals surface area contributed by atoms with Crippen LogP contribution in [0.25, 0.3) is 0 Å². The van der Waals surface area contributed by atoms with Gasteiger partial charge in [-0.1, -0.05) is 42.5 Å². The molecule has 0 N–H and O–H groups in total. The summed E-state index contributed by atoms with van der Waals surface area (Å²) in [5, 5.41) is 0. The zero-order chi connectivity index (χ0) is 17.9. The number of aliphatic imine (C=N–C) groups is 1. The van der Waals surface area contributed by atoms with Crippen molar-refractivity contribution < 1.29 is 14.0 Å². The maximum absolute atomic E-state index is 6.08. The van der Waals surface area contributed by atoms with E-state index in [2.05, 4.69) is 4.99 Å². The number of hydrogen-bond acceptors (Lipinski definition) is 4. The Morgan fingerprint density at radius 1 is 0.960 bits per heavy atom. The van der Waals surface area contributed by atoms with Crippen molar-refractivity contribution in [2.24, 2.45) is 4.99 Å². The Hall–Kier alpha value is -2.11. The summed E-state index contributed by atoms with van der Waals surface area (Å²) < 4.78 is 17.8. The molecular weight excluding hydrogens is 313 g/mol.